The molecule has 4 atom stereocenters. The molecule has 1 saturated carbocycles. The van der Waals surface area contributed by atoms with Crippen LogP contribution in [0, 0.1) is 11.8 Å². The van der Waals surface area contributed by atoms with E-state index < -0.39 is 24.1 Å². The largest absolute Gasteiger partial charge is 0.455 e. The summed E-state index contributed by atoms with van der Waals surface area (Å²) in [6, 6.07) is 7.84. The Bertz CT molecular complexity index is 920. The molecule has 0 aromatic heterocycles. The molecule has 0 saturated heterocycles. The Morgan fingerprint density at radius 1 is 1.24 bits per heavy atom. The maximum atomic E-state index is 12.5. The van der Waals surface area contributed by atoms with E-state index in [0.717, 1.165) is 21.9 Å². The van der Waals surface area contributed by atoms with Gasteiger partial charge in [-0.25, -0.2) is 5.06 Å². The SMILES string of the molecule is CCN(OC)C(=O)COC(=O)CCCSCC[C@H]1C(=O)C[C@@H](O)[C@@H]1C=C[C@@H](O)Cc1cccc(COC)c1. The number of ketones is 1. The molecular weight excluding hydrogens is 510 g/mol. The van der Waals surface area contributed by atoms with Gasteiger partial charge in [-0.3, -0.25) is 19.2 Å². The fourth-order valence-corrected chi connectivity index (χ4v) is 5.47. The maximum absolute atomic E-state index is 12.5. The number of carbonyl (C=O) groups is 3. The minimum Gasteiger partial charge on any atom is -0.455 e. The van der Waals surface area contributed by atoms with Crippen LogP contribution in [0.1, 0.15) is 43.7 Å². The number of benzene rings is 1. The van der Waals surface area contributed by atoms with Crippen LogP contribution in [0.25, 0.3) is 0 Å². The molecule has 2 N–H and O–H groups in total. The zero-order chi connectivity index (χ0) is 27.9. The van der Waals surface area contributed by atoms with Crippen molar-refractivity contribution in [2.24, 2.45) is 11.8 Å². The first kappa shape index (κ1) is 32.0. The van der Waals surface area contributed by atoms with E-state index in [1.807, 2.05) is 24.3 Å². The highest BCUT2D eigenvalue weighted by atomic mass is 32.2. The molecule has 0 unspecified atom stereocenters. The molecule has 0 bridgehead atoms. The molecule has 0 radical (unpaired) electrons. The third-order valence-electron chi connectivity index (χ3n) is 6.42. The predicted molar refractivity (Wildman–Crippen MR) is 145 cm³/mol. The second-order valence-corrected chi connectivity index (χ2v) is 10.5. The monoisotopic (exact) mass is 551 g/mol. The van der Waals surface area contributed by atoms with E-state index in [-0.39, 0.29) is 37.1 Å². The van der Waals surface area contributed by atoms with Gasteiger partial charge in [0, 0.05) is 44.8 Å². The van der Waals surface area contributed by atoms with E-state index in [1.165, 1.54) is 7.11 Å². The molecule has 1 aliphatic carbocycles. The van der Waals surface area contributed by atoms with Crippen molar-refractivity contribution in [2.75, 3.05) is 38.9 Å². The number of esters is 1. The van der Waals surface area contributed by atoms with Gasteiger partial charge in [0.25, 0.3) is 5.91 Å². The van der Waals surface area contributed by atoms with E-state index in [9.17, 15) is 24.6 Å². The van der Waals surface area contributed by atoms with Gasteiger partial charge in [0.05, 0.1) is 25.9 Å². The Hall–Kier alpha value is -2.24. The number of nitrogens with zero attached hydrogens (tertiary/aromatic N) is 1. The predicted octanol–water partition coefficient (Wildman–Crippen LogP) is 2.72. The molecule has 1 aliphatic rings. The van der Waals surface area contributed by atoms with Crippen LogP contribution < -0.4 is 0 Å². The van der Waals surface area contributed by atoms with Crippen LogP contribution in [-0.4, -0.2) is 84.0 Å². The number of likely N-dealkylation sites (N-methyl/N-ethyl adjacent to an activating group) is 1. The molecule has 1 fully saturated rings. The molecule has 0 spiro atoms. The van der Waals surface area contributed by atoms with Crippen LogP contribution in [0.3, 0.4) is 0 Å². The van der Waals surface area contributed by atoms with Crippen molar-refractivity contribution in [3.05, 3.63) is 47.5 Å². The van der Waals surface area contributed by atoms with Crippen molar-refractivity contribution in [1.29, 1.82) is 0 Å². The second kappa shape index (κ2) is 17.4. The van der Waals surface area contributed by atoms with E-state index in [0.29, 0.717) is 38.2 Å². The lowest BCUT2D eigenvalue weighted by Crippen LogP contribution is -2.33. The van der Waals surface area contributed by atoms with Gasteiger partial charge in [0.15, 0.2) is 6.61 Å². The summed E-state index contributed by atoms with van der Waals surface area (Å²) in [5.74, 6) is 0.0225. The Morgan fingerprint density at radius 3 is 2.71 bits per heavy atom. The number of hydrogen-bond acceptors (Lipinski definition) is 9. The number of hydrogen-bond donors (Lipinski definition) is 2. The second-order valence-electron chi connectivity index (χ2n) is 9.27. The number of aliphatic hydroxyl groups is 2. The average Bonchev–Trinajstić information content (AvgIpc) is 3.16. The van der Waals surface area contributed by atoms with Gasteiger partial charge in [0.2, 0.25) is 0 Å². The number of aliphatic hydroxyl groups excluding tert-OH is 2. The van der Waals surface area contributed by atoms with Crippen molar-refractivity contribution < 1.29 is 38.9 Å². The van der Waals surface area contributed by atoms with Gasteiger partial charge < -0.3 is 19.7 Å². The normalized spacial score (nSPS) is 20.1. The molecule has 1 amide bonds. The minimum absolute atomic E-state index is 0.0416. The summed E-state index contributed by atoms with van der Waals surface area (Å²) < 4.78 is 10.1. The van der Waals surface area contributed by atoms with Crippen molar-refractivity contribution in [2.45, 2.75) is 57.8 Å². The number of amides is 1. The molecule has 1 aromatic rings. The third kappa shape index (κ3) is 10.9. The summed E-state index contributed by atoms with van der Waals surface area (Å²) in [6.07, 6.45) is 3.99. The molecule has 0 aliphatic heterocycles. The van der Waals surface area contributed by atoms with Crippen molar-refractivity contribution in [3.63, 3.8) is 0 Å². The van der Waals surface area contributed by atoms with E-state index in [1.54, 1.807) is 37.9 Å². The summed E-state index contributed by atoms with van der Waals surface area (Å²) in [4.78, 5) is 41.0. The quantitative estimate of drug-likeness (QED) is 0.130. The number of Topliss-reactive ketones (excluding diaryl/α,β-unsaturated/α-hetero) is 1. The number of methoxy groups -OCH3 is 1. The molecule has 38 heavy (non-hydrogen) atoms. The summed E-state index contributed by atoms with van der Waals surface area (Å²) in [5.41, 5.74) is 2.02. The first-order valence-corrected chi connectivity index (χ1v) is 14.2. The third-order valence-corrected chi connectivity index (χ3v) is 7.52. The molecule has 10 heteroatoms. The highest BCUT2D eigenvalue weighted by molar-refractivity contribution is 7.99. The zero-order valence-electron chi connectivity index (χ0n) is 22.5. The van der Waals surface area contributed by atoms with Gasteiger partial charge in [-0.15, -0.1) is 0 Å². The van der Waals surface area contributed by atoms with Crippen LogP contribution in [0.2, 0.25) is 0 Å². The number of rotatable bonds is 17. The van der Waals surface area contributed by atoms with E-state index >= 15 is 0 Å². The van der Waals surface area contributed by atoms with Gasteiger partial charge in [-0.05, 0) is 42.4 Å². The lowest BCUT2D eigenvalue weighted by atomic mass is 9.91. The first-order chi connectivity index (χ1) is 18.3. The highest BCUT2D eigenvalue weighted by Crippen LogP contribution is 2.34. The standard InChI is InChI=1S/C28H41NO8S/c1-4-29(36-3)27(33)19-37-28(34)9-6-13-38-14-12-24-23(25(31)17-26(24)32)11-10-22(30)16-20-7-5-8-21(15-20)18-35-2/h5,7-8,10-11,15,22-25,30-31H,4,6,9,12-14,16-19H2,1-3H3/t22-,23-,24-,25-/m1/s1. The molecule has 2 rings (SSSR count). The van der Waals surface area contributed by atoms with Crippen LogP contribution in [-0.2, 0) is 41.7 Å². The zero-order valence-corrected chi connectivity index (χ0v) is 23.4. The summed E-state index contributed by atoms with van der Waals surface area (Å²) in [6.45, 7) is 2.29. The van der Waals surface area contributed by atoms with E-state index in [2.05, 4.69) is 0 Å². The van der Waals surface area contributed by atoms with Gasteiger partial charge in [0.1, 0.15) is 5.78 Å². The topological polar surface area (TPSA) is 123 Å². The fourth-order valence-electron chi connectivity index (χ4n) is 4.50. The Balaban J connectivity index is 1.71. The number of hydroxylamine groups is 2. The Morgan fingerprint density at radius 2 is 2.00 bits per heavy atom. The molecule has 9 nitrogen and oxygen atoms in total. The molecule has 212 valence electrons. The summed E-state index contributed by atoms with van der Waals surface area (Å²) in [7, 11) is 3.02. The van der Waals surface area contributed by atoms with Gasteiger partial charge in [-0.2, -0.15) is 11.8 Å². The molecular formula is C28H41NO8S. The van der Waals surface area contributed by atoms with Crippen molar-refractivity contribution in [3.8, 4) is 0 Å². The smallest absolute Gasteiger partial charge is 0.306 e. The van der Waals surface area contributed by atoms with Gasteiger partial charge in [-0.1, -0.05) is 36.4 Å². The van der Waals surface area contributed by atoms with Gasteiger partial charge >= 0.3 is 5.97 Å². The summed E-state index contributed by atoms with van der Waals surface area (Å²) >= 11 is 1.63. The highest BCUT2D eigenvalue weighted by Gasteiger charge is 2.39. The van der Waals surface area contributed by atoms with E-state index in [4.69, 9.17) is 14.3 Å². The number of carbonyl (C=O) groups excluding carboxylic acids is 3. The molecule has 1 aromatic carbocycles. The maximum Gasteiger partial charge on any atom is 0.306 e. The number of ether oxygens (including phenoxy) is 2. The molecule has 0 heterocycles. The van der Waals surface area contributed by atoms with Crippen LogP contribution in [0.15, 0.2) is 36.4 Å². The Kier molecular flexibility index (Phi) is 14.6. The van der Waals surface area contributed by atoms with Crippen LogP contribution >= 0.6 is 11.8 Å². The fraction of sp³-hybridized carbons (Fsp3) is 0.607. The van der Waals surface area contributed by atoms with Crippen molar-refractivity contribution >= 4 is 29.4 Å². The lowest BCUT2D eigenvalue weighted by Gasteiger charge is -2.18. The van der Waals surface area contributed by atoms with Crippen LogP contribution in [0.5, 0.6) is 0 Å². The van der Waals surface area contributed by atoms with Crippen LogP contribution in [0.4, 0.5) is 0 Å². The number of thioether (sulfide) groups is 1. The average molecular weight is 552 g/mol. The summed E-state index contributed by atoms with van der Waals surface area (Å²) in [5, 5.41) is 22.1. The lowest BCUT2D eigenvalue weighted by molar-refractivity contribution is -0.181. The first-order valence-electron chi connectivity index (χ1n) is 13.0. The Labute approximate surface area is 229 Å². The van der Waals surface area contributed by atoms with Crippen molar-refractivity contribution in [1.82, 2.24) is 5.06 Å². The minimum atomic E-state index is -0.745.